The van der Waals surface area contributed by atoms with Crippen LogP contribution in [-0.4, -0.2) is 48.6 Å². The van der Waals surface area contributed by atoms with Crippen molar-refractivity contribution in [1.29, 1.82) is 0 Å². The Morgan fingerprint density at radius 3 is 3.00 bits per heavy atom. The van der Waals surface area contributed by atoms with Gasteiger partial charge in [0.15, 0.2) is 0 Å². The molecule has 1 aliphatic rings. The van der Waals surface area contributed by atoms with E-state index < -0.39 is 0 Å². The molecule has 0 spiro atoms. The van der Waals surface area contributed by atoms with Gasteiger partial charge in [-0.1, -0.05) is 6.92 Å². The molecule has 2 nitrogen and oxygen atoms in total. The highest BCUT2D eigenvalue weighted by Gasteiger charge is 2.14. The first-order valence-corrected chi connectivity index (χ1v) is 7.02. The van der Waals surface area contributed by atoms with Gasteiger partial charge in [0.1, 0.15) is 0 Å². The van der Waals surface area contributed by atoms with Crippen LogP contribution in [-0.2, 0) is 0 Å². The molecule has 0 bridgehead atoms. The summed E-state index contributed by atoms with van der Waals surface area (Å²) in [5.41, 5.74) is 0. The van der Waals surface area contributed by atoms with Gasteiger partial charge in [-0.2, -0.15) is 11.8 Å². The lowest BCUT2D eigenvalue weighted by atomic mass is 10.2. The van der Waals surface area contributed by atoms with Crippen molar-refractivity contribution in [3.8, 4) is 0 Å². The molecular formula is C11H24N2S. The number of nitrogens with zero attached hydrogens (tertiary/aromatic N) is 1. The molecule has 1 rings (SSSR count). The Balaban J connectivity index is 2.16. The van der Waals surface area contributed by atoms with E-state index in [-0.39, 0.29) is 0 Å². The quantitative estimate of drug-likeness (QED) is 0.706. The van der Waals surface area contributed by atoms with Crippen LogP contribution in [0, 0.1) is 0 Å². The van der Waals surface area contributed by atoms with Crippen LogP contribution in [0.1, 0.15) is 26.7 Å². The highest BCUT2D eigenvalue weighted by molar-refractivity contribution is 7.99. The predicted octanol–water partition coefficient (Wildman–Crippen LogP) is 1.81. The fraction of sp³-hybridized carbons (Fsp3) is 1.00. The highest BCUT2D eigenvalue weighted by atomic mass is 32.2. The molecule has 1 aliphatic heterocycles. The number of rotatable bonds is 5. The summed E-state index contributed by atoms with van der Waals surface area (Å²) in [7, 11) is 0. The molecule has 1 saturated heterocycles. The van der Waals surface area contributed by atoms with E-state index in [0.717, 1.165) is 13.1 Å². The van der Waals surface area contributed by atoms with Crippen LogP contribution in [0.3, 0.4) is 0 Å². The zero-order valence-corrected chi connectivity index (χ0v) is 10.4. The minimum atomic E-state index is 0.709. The Kier molecular flexibility index (Phi) is 6.65. The fourth-order valence-electron chi connectivity index (χ4n) is 1.82. The van der Waals surface area contributed by atoms with Crippen molar-refractivity contribution in [3.63, 3.8) is 0 Å². The standard InChI is InChI=1S/C11H24N2S/c1-3-5-12-10-11(2)13-6-4-8-14-9-7-13/h11-12H,3-10H2,1-2H3. The van der Waals surface area contributed by atoms with E-state index in [0.29, 0.717) is 6.04 Å². The van der Waals surface area contributed by atoms with Crippen LogP contribution >= 0.6 is 11.8 Å². The van der Waals surface area contributed by atoms with E-state index >= 15 is 0 Å². The lowest BCUT2D eigenvalue weighted by Crippen LogP contribution is -2.41. The van der Waals surface area contributed by atoms with Crippen molar-refractivity contribution < 1.29 is 0 Å². The first kappa shape index (κ1) is 12.3. The third-order valence-corrected chi connectivity index (χ3v) is 3.80. The lowest BCUT2D eigenvalue weighted by molar-refractivity contribution is 0.220. The molecule has 1 heterocycles. The van der Waals surface area contributed by atoms with Crippen molar-refractivity contribution in [2.24, 2.45) is 0 Å². The highest BCUT2D eigenvalue weighted by Crippen LogP contribution is 2.11. The van der Waals surface area contributed by atoms with Crippen LogP contribution in [0.15, 0.2) is 0 Å². The first-order valence-electron chi connectivity index (χ1n) is 5.87. The summed E-state index contributed by atoms with van der Waals surface area (Å²) in [4.78, 5) is 2.63. The Hall–Kier alpha value is 0.270. The van der Waals surface area contributed by atoms with Gasteiger partial charge in [0, 0.05) is 24.9 Å². The molecule has 0 saturated carbocycles. The van der Waals surface area contributed by atoms with E-state index in [4.69, 9.17) is 0 Å². The summed E-state index contributed by atoms with van der Waals surface area (Å²) in [6.45, 7) is 9.45. The average Bonchev–Trinajstić information content (AvgIpc) is 2.46. The fourth-order valence-corrected chi connectivity index (χ4v) is 2.72. The van der Waals surface area contributed by atoms with Crippen LogP contribution in [0.25, 0.3) is 0 Å². The van der Waals surface area contributed by atoms with Crippen molar-refractivity contribution in [3.05, 3.63) is 0 Å². The van der Waals surface area contributed by atoms with E-state index in [1.807, 2.05) is 0 Å². The van der Waals surface area contributed by atoms with Gasteiger partial charge in [0.25, 0.3) is 0 Å². The molecule has 0 aromatic heterocycles. The minimum absolute atomic E-state index is 0.709. The van der Waals surface area contributed by atoms with Gasteiger partial charge in [-0.25, -0.2) is 0 Å². The van der Waals surface area contributed by atoms with E-state index in [9.17, 15) is 0 Å². The molecule has 0 aromatic rings. The SMILES string of the molecule is CCCNCC(C)N1CCCSCC1. The smallest absolute Gasteiger partial charge is 0.0192 e. The van der Waals surface area contributed by atoms with Gasteiger partial charge in [0.05, 0.1) is 0 Å². The van der Waals surface area contributed by atoms with Gasteiger partial charge in [-0.05, 0) is 38.6 Å². The first-order chi connectivity index (χ1) is 6.84. The number of thioether (sulfide) groups is 1. The molecule has 1 N–H and O–H groups in total. The van der Waals surface area contributed by atoms with Crippen molar-refractivity contribution >= 4 is 11.8 Å². The molecule has 0 amide bonds. The molecule has 1 fully saturated rings. The molecule has 0 radical (unpaired) electrons. The van der Waals surface area contributed by atoms with Gasteiger partial charge in [-0.3, -0.25) is 4.90 Å². The molecule has 0 aliphatic carbocycles. The zero-order chi connectivity index (χ0) is 10.2. The number of nitrogens with one attached hydrogen (secondary N) is 1. The van der Waals surface area contributed by atoms with Crippen molar-refractivity contribution in [2.75, 3.05) is 37.7 Å². The topological polar surface area (TPSA) is 15.3 Å². The largest absolute Gasteiger partial charge is 0.315 e. The van der Waals surface area contributed by atoms with Gasteiger partial charge in [0.2, 0.25) is 0 Å². The lowest BCUT2D eigenvalue weighted by Gasteiger charge is -2.27. The van der Waals surface area contributed by atoms with Crippen molar-refractivity contribution in [2.45, 2.75) is 32.7 Å². The second-order valence-electron chi connectivity index (χ2n) is 4.06. The van der Waals surface area contributed by atoms with Crippen LogP contribution in [0.2, 0.25) is 0 Å². The minimum Gasteiger partial charge on any atom is -0.315 e. The van der Waals surface area contributed by atoms with Crippen molar-refractivity contribution in [1.82, 2.24) is 10.2 Å². The zero-order valence-electron chi connectivity index (χ0n) is 9.59. The predicted molar refractivity (Wildman–Crippen MR) is 66.1 cm³/mol. The number of hydrogen-bond donors (Lipinski definition) is 1. The van der Waals surface area contributed by atoms with E-state index in [2.05, 4.69) is 35.8 Å². The molecule has 14 heavy (non-hydrogen) atoms. The average molecular weight is 216 g/mol. The van der Waals surface area contributed by atoms with Gasteiger partial charge >= 0.3 is 0 Å². The molecule has 1 unspecified atom stereocenters. The summed E-state index contributed by atoms with van der Waals surface area (Å²) in [6, 6.07) is 0.709. The summed E-state index contributed by atoms with van der Waals surface area (Å²) in [6.07, 6.45) is 2.60. The molecule has 1 atom stereocenters. The monoisotopic (exact) mass is 216 g/mol. The third-order valence-electron chi connectivity index (χ3n) is 2.75. The molecule has 84 valence electrons. The number of hydrogen-bond acceptors (Lipinski definition) is 3. The Morgan fingerprint density at radius 2 is 2.21 bits per heavy atom. The van der Waals surface area contributed by atoms with Crippen LogP contribution in [0.4, 0.5) is 0 Å². The maximum absolute atomic E-state index is 3.50. The second kappa shape index (κ2) is 7.55. The molecular weight excluding hydrogens is 192 g/mol. The second-order valence-corrected chi connectivity index (χ2v) is 5.28. The maximum Gasteiger partial charge on any atom is 0.0192 e. The Morgan fingerprint density at radius 1 is 1.36 bits per heavy atom. The van der Waals surface area contributed by atoms with Crippen LogP contribution < -0.4 is 5.32 Å². The Bertz CT molecular complexity index is 133. The van der Waals surface area contributed by atoms with Crippen LogP contribution in [0.5, 0.6) is 0 Å². The molecule has 3 heteroatoms. The summed E-state index contributed by atoms with van der Waals surface area (Å²) in [5.74, 6) is 2.67. The normalized spacial score (nSPS) is 21.9. The third kappa shape index (κ3) is 4.67. The summed E-state index contributed by atoms with van der Waals surface area (Å²) in [5, 5.41) is 3.50. The van der Waals surface area contributed by atoms with E-state index in [1.54, 1.807) is 0 Å². The maximum atomic E-state index is 3.50. The molecule has 0 aromatic carbocycles. The van der Waals surface area contributed by atoms with E-state index in [1.165, 1.54) is 37.4 Å². The van der Waals surface area contributed by atoms with Gasteiger partial charge in [-0.15, -0.1) is 0 Å². The van der Waals surface area contributed by atoms with Gasteiger partial charge < -0.3 is 5.32 Å². The summed E-state index contributed by atoms with van der Waals surface area (Å²) >= 11 is 2.10. The summed E-state index contributed by atoms with van der Waals surface area (Å²) < 4.78 is 0. The Labute approximate surface area is 92.8 Å².